The summed E-state index contributed by atoms with van der Waals surface area (Å²) in [5.41, 5.74) is 11.8. The minimum atomic E-state index is 0.577. The average molecular weight is 705 g/mol. The lowest BCUT2D eigenvalue weighted by Gasteiger charge is -2.28. The summed E-state index contributed by atoms with van der Waals surface area (Å²) >= 11 is 0. The van der Waals surface area contributed by atoms with E-state index in [9.17, 15) is 0 Å². The second kappa shape index (κ2) is 12.6. The average Bonchev–Trinajstić information content (AvgIpc) is 3.87. The van der Waals surface area contributed by atoms with Crippen LogP contribution in [0.4, 0.5) is 17.1 Å². The molecule has 2 aromatic heterocycles. The summed E-state index contributed by atoms with van der Waals surface area (Å²) in [6, 6.07) is 68.1. The van der Waals surface area contributed by atoms with Crippen LogP contribution in [0.25, 0.3) is 88.3 Å². The molecule has 0 amide bonds. The zero-order valence-corrected chi connectivity index (χ0v) is 29.7. The highest BCUT2D eigenvalue weighted by Gasteiger charge is 2.21. The Bertz CT molecular complexity index is 3210. The van der Waals surface area contributed by atoms with Crippen molar-refractivity contribution < 1.29 is 8.83 Å². The van der Waals surface area contributed by atoms with Crippen molar-refractivity contribution in [2.45, 2.75) is 0 Å². The maximum atomic E-state index is 6.65. The maximum absolute atomic E-state index is 6.65. The van der Waals surface area contributed by atoms with Crippen LogP contribution in [0.1, 0.15) is 0 Å². The van der Waals surface area contributed by atoms with E-state index in [1.807, 2.05) is 30.3 Å². The molecule has 0 saturated heterocycles. The lowest BCUT2D eigenvalue weighted by Crippen LogP contribution is -2.11. The molecule has 0 radical (unpaired) electrons. The van der Waals surface area contributed by atoms with Gasteiger partial charge >= 0.3 is 0 Å². The molecule has 0 N–H and O–H groups in total. The predicted molar refractivity (Wildman–Crippen MR) is 227 cm³/mol. The van der Waals surface area contributed by atoms with Gasteiger partial charge in [-0.3, -0.25) is 0 Å². The second-order valence-electron chi connectivity index (χ2n) is 13.9. The largest absolute Gasteiger partial charge is 0.456 e. The maximum Gasteiger partial charge on any atom is 0.228 e. The summed E-state index contributed by atoms with van der Waals surface area (Å²) in [7, 11) is 0. The molecule has 9 aromatic carbocycles. The molecule has 0 atom stereocenters. The lowest BCUT2D eigenvalue weighted by molar-refractivity contribution is 0.623. The summed E-state index contributed by atoms with van der Waals surface area (Å²) in [5.74, 6) is 0.577. The fourth-order valence-corrected chi connectivity index (χ4v) is 8.03. The smallest absolute Gasteiger partial charge is 0.228 e. The van der Waals surface area contributed by atoms with Crippen molar-refractivity contribution in [1.82, 2.24) is 4.98 Å². The van der Waals surface area contributed by atoms with Gasteiger partial charge in [-0.25, -0.2) is 4.98 Å². The van der Waals surface area contributed by atoms with E-state index < -0.39 is 0 Å². The van der Waals surface area contributed by atoms with Gasteiger partial charge in [0.15, 0.2) is 5.58 Å². The van der Waals surface area contributed by atoms with Gasteiger partial charge in [-0.1, -0.05) is 133 Å². The van der Waals surface area contributed by atoms with Crippen molar-refractivity contribution in [2.75, 3.05) is 4.90 Å². The van der Waals surface area contributed by atoms with Crippen molar-refractivity contribution in [2.24, 2.45) is 0 Å². The molecular formula is C51H32N2O2. The van der Waals surface area contributed by atoms with E-state index in [0.717, 1.165) is 77.6 Å². The van der Waals surface area contributed by atoms with E-state index >= 15 is 0 Å². The summed E-state index contributed by atoms with van der Waals surface area (Å²) in [6.45, 7) is 0. The third-order valence-corrected chi connectivity index (χ3v) is 10.7. The van der Waals surface area contributed by atoms with Gasteiger partial charge in [-0.15, -0.1) is 0 Å². The summed E-state index contributed by atoms with van der Waals surface area (Å²) < 4.78 is 13.2. The quantitative estimate of drug-likeness (QED) is 0.173. The molecule has 2 heterocycles. The highest BCUT2D eigenvalue weighted by Crippen LogP contribution is 2.44. The third kappa shape index (κ3) is 5.26. The molecular weight excluding hydrogens is 673 g/mol. The number of oxazole rings is 1. The normalized spacial score (nSPS) is 11.6. The van der Waals surface area contributed by atoms with Gasteiger partial charge in [0.05, 0.1) is 5.69 Å². The molecule has 0 aliphatic heterocycles. The molecule has 55 heavy (non-hydrogen) atoms. The Kier molecular flexibility index (Phi) is 7.14. The van der Waals surface area contributed by atoms with Crippen molar-refractivity contribution in [3.8, 4) is 33.7 Å². The summed E-state index contributed by atoms with van der Waals surface area (Å²) in [4.78, 5) is 7.29. The fourth-order valence-electron chi connectivity index (χ4n) is 8.03. The first-order valence-electron chi connectivity index (χ1n) is 18.5. The van der Waals surface area contributed by atoms with Gasteiger partial charge < -0.3 is 13.7 Å². The number of aromatic nitrogens is 1. The highest BCUT2D eigenvalue weighted by molar-refractivity contribution is 6.13. The number of hydrogen-bond donors (Lipinski definition) is 0. The van der Waals surface area contributed by atoms with Crippen molar-refractivity contribution in [1.29, 1.82) is 0 Å². The molecule has 0 aliphatic rings. The lowest BCUT2D eigenvalue weighted by atomic mass is 9.99. The minimum Gasteiger partial charge on any atom is -0.456 e. The van der Waals surface area contributed by atoms with E-state index in [4.69, 9.17) is 13.8 Å². The Morgan fingerprint density at radius 3 is 2.00 bits per heavy atom. The van der Waals surface area contributed by atoms with Crippen LogP contribution in [0.2, 0.25) is 0 Å². The Labute approximate surface area is 317 Å². The van der Waals surface area contributed by atoms with Crippen LogP contribution in [-0.4, -0.2) is 4.98 Å². The van der Waals surface area contributed by atoms with Gasteiger partial charge in [0.25, 0.3) is 0 Å². The standard InChI is InChI=1S/C51H32N2O2/c1-2-12-35(13-3-1)41-16-8-9-19-46(41)53(39-26-23-34(24-27-39)38-22-21-33-11-4-5-15-37(33)31-38)40-28-29-43-48(32-40)54-47-20-10-18-44(49(43)47)51-52-45-30-25-36-14-6-7-17-42(36)50(45)55-51/h1-32H. The van der Waals surface area contributed by atoms with Gasteiger partial charge in [-0.2, -0.15) is 0 Å². The number of benzene rings is 9. The Morgan fingerprint density at radius 2 is 1.11 bits per heavy atom. The monoisotopic (exact) mass is 704 g/mol. The molecule has 4 nitrogen and oxygen atoms in total. The van der Waals surface area contributed by atoms with Crippen LogP contribution in [-0.2, 0) is 0 Å². The number of para-hydroxylation sites is 1. The Morgan fingerprint density at radius 1 is 0.400 bits per heavy atom. The molecule has 0 aliphatic carbocycles. The number of anilines is 3. The predicted octanol–water partition coefficient (Wildman–Crippen LogP) is 14.5. The van der Waals surface area contributed by atoms with Gasteiger partial charge in [-0.05, 0) is 87.4 Å². The zero-order valence-electron chi connectivity index (χ0n) is 29.7. The van der Waals surface area contributed by atoms with Crippen molar-refractivity contribution in [3.63, 3.8) is 0 Å². The van der Waals surface area contributed by atoms with E-state index in [0.29, 0.717) is 5.89 Å². The number of hydrogen-bond acceptors (Lipinski definition) is 4. The molecule has 0 saturated carbocycles. The molecule has 258 valence electrons. The number of rotatable bonds is 6. The molecule has 4 heteroatoms. The molecule has 0 fully saturated rings. The van der Waals surface area contributed by atoms with Crippen molar-refractivity contribution >= 4 is 71.6 Å². The zero-order chi connectivity index (χ0) is 36.3. The Hall–Kier alpha value is -7.43. The van der Waals surface area contributed by atoms with Gasteiger partial charge in [0.1, 0.15) is 16.7 Å². The summed E-state index contributed by atoms with van der Waals surface area (Å²) in [6.07, 6.45) is 0. The fraction of sp³-hybridized carbons (Fsp3) is 0. The first-order chi connectivity index (χ1) is 27.2. The van der Waals surface area contributed by atoms with Crippen LogP contribution in [0, 0.1) is 0 Å². The molecule has 11 aromatic rings. The number of furan rings is 1. The van der Waals surface area contributed by atoms with Crippen LogP contribution in [0.15, 0.2) is 203 Å². The van der Waals surface area contributed by atoms with E-state index in [1.165, 1.54) is 21.9 Å². The second-order valence-corrected chi connectivity index (χ2v) is 13.9. The summed E-state index contributed by atoms with van der Waals surface area (Å²) in [5, 5.41) is 6.63. The van der Waals surface area contributed by atoms with E-state index in [-0.39, 0.29) is 0 Å². The van der Waals surface area contributed by atoms with E-state index in [2.05, 4.69) is 169 Å². The molecule has 0 spiro atoms. The number of fused-ring (bicyclic) bond motifs is 7. The molecule has 11 rings (SSSR count). The SMILES string of the molecule is c1ccc(-c2ccccc2N(c2ccc(-c3ccc4ccccc4c3)cc2)c2ccc3c(c2)oc2cccc(-c4nc5ccc6ccccc6c5o4)c23)cc1. The van der Waals surface area contributed by atoms with Crippen molar-refractivity contribution in [3.05, 3.63) is 194 Å². The Balaban J connectivity index is 1.06. The van der Waals surface area contributed by atoms with Gasteiger partial charge in [0, 0.05) is 44.7 Å². The first kappa shape index (κ1) is 31.1. The molecule has 0 bridgehead atoms. The van der Waals surface area contributed by atoms with E-state index in [1.54, 1.807) is 0 Å². The topological polar surface area (TPSA) is 42.4 Å². The van der Waals surface area contributed by atoms with Crippen LogP contribution in [0.5, 0.6) is 0 Å². The third-order valence-electron chi connectivity index (χ3n) is 10.7. The number of nitrogens with zero attached hydrogens (tertiary/aromatic N) is 2. The first-order valence-corrected chi connectivity index (χ1v) is 18.5. The van der Waals surface area contributed by atoms with Crippen LogP contribution in [0.3, 0.4) is 0 Å². The minimum absolute atomic E-state index is 0.577. The highest BCUT2D eigenvalue weighted by atomic mass is 16.3. The van der Waals surface area contributed by atoms with Crippen LogP contribution < -0.4 is 4.90 Å². The molecule has 0 unspecified atom stereocenters. The van der Waals surface area contributed by atoms with Crippen LogP contribution >= 0.6 is 0 Å². The van der Waals surface area contributed by atoms with Gasteiger partial charge in [0.2, 0.25) is 5.89 Å².